The number of hydrogen-bond donors (Lipinski definition) is 1. The SMILES string of the molecule is O=C(COC(=O)Cc1noc2ccccc12)Nc1ccccc1-c1ccccc1. The van der Waals surface area contributed by atoms with E-state index in [9.17, 15) is 9.59 Å². The van der Waals surface area contributed by atoms with E-state index in [2.05, 4.69) is 10.5 Å². The summed E-state index contributed by atoms with van der Waals surface area (Å²) in [5.74, 6) is -0.956. The van der Waals surface area contributed by atoms with E-state index in [1.165, 1.54) is 0 Å². The van der Waals surface area contributed by atoms with Gasteiger partial charge >= 0.3 is 5.97 Å². The van der Waals surface area contributed by atoms with E-state index in [0.29, 0.717) is 17.0 Å². The van der Waals surface area contributed by atoms with Gasteiger partial charge in [0.05, 0.1) is 6.42 Å². The quantitative estimate of drug-likeness (QED) is 0.502. The second kappa shape index (κ2) is 8.39. The van der Waals surface area contributed by atoms with Gasteiger partial charge < -0.3 is 14.6 Å². The highest BCUT2D eigenvalue weighted by atomic mass is 16.5. The number of esters is 1. The molecule has 0 atom stereocenters. The molecule has 0 spiro atoms. The molecule has 1 aromatic heterocycles. The number of nitrogens with one attached hydrogen (secondary N) is 1. The highest BCUT2D eigenvalue weighted by Gasteiger charge is 2.15. The van der Waals surface area contributed by atoms with E-state index in [1.54, 1.807) is 6.07 Å². The summed E-state index contributed by atoms with van der Waals surface area (Å²) in [5, 5.41) is 7.46. The van der Waals surface area contributed by atoms with Crippen LogP contribution in [0.4, 0.5) is 5.69 Å². The molecule has 0 radical (unpaired) electrons. The summed E-state index contributed by atoms with van der Waals surface area (Å²) in [6.07, 6.45) is -0.0646. The maximum absolute atomic E-state index is 12.3. The lowest BCUT2D eigenvalue weighted by Crippen LogP contribution is -2.22. The van der Waals surface area contributed by atoms with Crippen LogP contribution in [0.3, 0.4) is 0 Å². The Balaban J connectivity index is 1.37. The molecule has 0 aliphatic heterocycles. The fourth-order valence-corrected chi connectivity index (χ4v) is 3.05. The summed E-state index contributed by atoms with van der Waals surface area (Å²) in [6.45, 7) is -0.377. The molecule has 1 amide bonds. The second-order valence-electron chi connectivity index (χ2n) is 6.42. The third kappa shape index (κ3) is 4.32. The summed E-state index contributed by atoms with van der Waals surface area (Å²) in [4.78, 5) is 24.4. The Kier molecular flexibility index (Phi) is 5.33. The van der Waals surface area contributed by atoms with Crippen LogP contribution >= 0.6 is 0 Å². The molecule has 144 valence electrons. The molecular formula is C23H18N2O4. The summed E-state index contributed by atoms with van der Waals surface area (Å²) in [7, 11) is 0. The van der Waals surface area contributed by atoms with Gasteiger partial charge in [0.15, 0.2) is 12.2 Å². The lowest BCUT2D eigenvalue weighted by atomic mass is 10.0. The van der Waals surface area contributed by atoms with Gasteiger partial charge in [0.2, 0.25) is 0 Å². The zero-order chi connectivity index (χ0) is 20.1. The van der Waals surface area contributed by atoms with Crippen molar-refractivity contribution in [3.63, 3.8) is 0 Å². The zero-order valence-electron chi connectivity index (χ0n) is 15.5. The van der Waals surface area contributed by atoms with Crippen molar-refractivity contribution in [2.24, 2.45) is 0 Å². The number of ether oxygens (including phenoxy) is 1. The first kappa shape index (κ1) is 18.4. The molecule has 0 unspecified atom stereocenters. The van der Waals surface area contributed by atoms with Gasteiger partial charge in [-0.25, -0.2) is 0 Å². The van der Waals surface area contributed by atoms with E-state index in [0.717, 1.165) is 16.5 Å². The Morgan fingerprint density at radius 2 is 1.62 bits per heavy atom. The number of nitrogens with zero attached hydrogens (tertiary/aromatic N) is 1. The van der Waals surface area contributed by atoms with Crippen molar-refractivity contribution in [1.82, 2.24) is 5.16 Å². The molecule has 0 saturated carbocycles. The molecular weight excluding hydrogens is 368 g/mol. The largest absolute Gasteiger partial charge is 0.455 e. The normalized spacial score (nSPS) is 10.6. The summed E-state index contributed by atoms with van der Waals surface area (Å²) < 4.78 is 10.3. The van der Waals surface area contributed by atoms with Crippen LogP contribution in [0.2, 0.25) is 0 Å². The first-order valence-electron chi connectivity index (χ1n) is 9.14. The minimum atomic E-state index is -0.546. The number of carbonyl (C=O) groups excluding carboxylic acids is 2. The molecule has 1 heterocycles. The molecule has 3 aromatic carbocycles. The van der Waals surface area contributed by atoms with Crippen LogP contribution in [-0.2, 0) is 20.7 Å². The van der Waals surface area contributed by atoms with E-state index in [-0.39, 0.29) is 13.0 Å². The molecule has 4 rings (SSSR count). The van der Waals surface area contributed by atoms with E-state index >= 15 is 0 Å². The van der Waals surface area contributed by atoms with Gasteiger partial charge in [-0.2, -0.15) is 0 Å². The monoisotopic (exact) mass is 386 g/mol. The maximum atomic E-state index is 12.3. The topological polar surface area (TPSA) is 81.4 Å². The molecule has 0 aliphatic carbocycles. The number of anilines is 1. The van der Waals surface area contributed by atoms with Crippen molar-refractivity contribution in [3.8, 4) is 11.1 Å². The molecule has 0 bridgehead atoms. The van der Waals surface area contributed by atoms with Crippen LogP contribution < -0.4 is 5.32 Å². The highest BCUT2D eigenvalue weighted by molar-refractivity contribution is 5.97. The number of benzene rings is 3. The molecule has 4 aromatic rings. The van der Waals surface area contributed by atoms with Crippen molar-refractivity contribution < 1.29 is 18.8 Å². The number of rotatable bonds is 6. The van der Waals surface area contributed by atoms with Gasteiger partial charge in [0, 0.05) is 16.6 Å². The van der Waals surface area contributed by atoms with Crippen LogP contribution in [0.5, 0.6) is 0 Å². The Morgan fingerprint density at radius 3 is 2.48 bits per heavy atom. The van der Waals surface area contributed by atoms with Crippen molar-refractivity contribution in [1.29, 1.82) is 0 Å². The molecule has 0 fully saturated rings. The minimum absolute atomic E-state index is 0.0646. The number of fused-ring (bicyclic) bond motifs is 1. The van der Waals surface area contributed by atoms with Crippen molar-refractivity contribution in [2.45, 2.75) is 6.42 Å². The number of para-hydroxylation sites is 2. The standard InChI is InChI=1S/C23H18N2O4/c26-22(24-19-12-6-4-10-17(19)16-8-2-1-3-9-16)15-28-23(27)14-20-18-11-5-7-13-21(18)29-25-20/h1-13H,14-15H2,(H,24,26). The second-order valence-corrected chi connectivity index (χ2v) is 6.42. The number of hydrogen-bond acceptors (Lipinski definition) is 5. The molecule has 0 aliphatic rings. The summed E-state index contributed by atoms with van der Waals surface area (Å²) >= 11 is 0. The van der Waals surface area contributed by atoms with Gasteiger partial charge in [-0.1, -0.05) is 65.8 Å². The first-order valence-corrected chi connectivity index (χ1v) is 9.14. The smallest absolute Gasteiger partial charge is 0.312 e. The first-order chi connectivity index (χ1) is 14.2. The fraction of sp³-hybridized carbons (Fsp3) is 0.0870. The predicted octanol–water partition coefficient (Wildman–Crippen LogP) is 4.22. The molecule has 6 nitrogen and oxygen atoms in total. The Labute approximate surface area is 167 Å². The summed E-state index contributed by atoms with van der Waals surface area (Å²) in [5.41, 5.74) is 3.62. The maximum Gasteiger partial charge on any atom is 0.312 e. The average Bonchev–Trinajstić information content (AvgIpc) is 3.16. The lowest BCUT2D eigenvalue weighted by molar-refractivity contribution is -0.146. The minimum Gasteiger partial charge on any atom is -0.455 e. The molecule has 0 saturated heterocycles. The molecule has 29 heavy (non-hydrogen) atoms. The van der Waals surface area contributed by atoms with E-state index in [1.807, 2.05) is 72.8 Å². The number of aromatic nitrogens is 1. The average molecular weight is 386 g/mol. The van der Waals surface area contributed by atoms with Gasteiger partial charge in [-0.15, -0.1) is 0 Å². The Bertz CT molecular complexity index is 1150. The van der Waals surface area contributed by atoms with Gasteiger partial charge in [-0.3, -0.25) is 9.59 Å². The predicted molar refractivity (Wildman–Crippen MR) is 109 cm³/mol. The lowest BCUT2D eigenvalue weighted by Gasteiger charge is -2.11. The summed E-state index contributed by atoms with van der Waals surface area (Å²) in [6, 6.07) is 24.5. The van der Waals surface area contributed by atoms with Gasteiger partial charge in [0.25, 0.3) is 5.91 Å². The third-order valence-corrected chi connectivity index (χ3v) is 4.41. The third-order valence-electron chi connectivity index (χ3n) is 4.41. The van der Waals surface area contributed by atoms with Crippen LogP contribution in [0.25, 0.3) is 22.1 Å². The van der Waals surface area contributed by atoms with Crippen LogP contribution in [0.1, 0.15) is 5.69 Å². The fourth-order valence-electron chi connectivity index (χ4n) is 3.05. The van der Waals surface area contributed by atoms with Crippen LogP contribution in [0.15, 0.2) is 83.4 Å². The van der Waals surface area contributed by atoms with E-state index in [4.69, 9.17) is 9.26 Å². The van der Waals surface area contributed by atoms with Crippen molar-refractivity contribution >= 4 is 28.5 Å². The highest BCUT2D eigenvalue weighted by Crippen LogP contribution is 2.27. The van der Waals surface area contributed by atoms with Crippen molar-refractivity contribution in [2.75, 3.05) is 11.9 Å². The molecule has 1 N–H and O–H groups in total. The van der Waals surface area contributed by atoms with Crippen LogP contribution in [0, 0.1) is 0 Å². The number of amides is 1. The number of carbonyl (C=O) groups is 2. The van der Waals surface area contributed by atoms with Gasteiger partial charge in [-0.05, 0) is 23.8 Å². The van der Waals surface area contributed by atoms with E-state index < -0.39 is 11.9 Å². The Hall–Kier alpha value is -3.93. The zero-order valence-corrected chi connectivity index (χ0v) is 15.5. The van der Waals surface area contributed by atoms with Crippen LogP contribution in [-0.4, -0.2) is 23.6 Å². The molecule has 6 heteroatoms. The Morgan fingerprint density at radius 1 is 0.897 bits per heavy atom. The van der Waals surface area contributed by atoms with Crippen molar-refractivity contribution in [3.05, 3.63) is 84.6 Å². The van der Waals surface area contributed by atoms with Gasteiger partial charge in [0.1, 0.15) is 5.69 Å².